The maximum Gasteiger partial charge on any atom is 0.273 e. The summed E-state index contributed by atoms with van der Waals surface area (Å²) < 4.78 is 4.12. The lowest BCUT2D eigenvalue weighted by Gasteiger charge is -2.09. The molecule has 3 heterocycles. The molecule has 0 spiro atoms. The zero-order valence-electron chi connectivity index (χ0n) is 17.3. The van der Waals surface area contributed by atoms with E-state index >= 15 is 0 Å². The molecule has 5 rings (SSSR count). The summed E-state index contributed by atoms with van der Waals surface area (Å²) in [6, 6.07) is 19.0. The first-order valence-electron chi connectivity index (χ1n) is 10.1. The molecule has 7 nitrogen and oxygen atoms in total. The molecule has 33 heavy (non-hydrogen) atoms. The average Bonchev–Trinajstić information content (AvgIpc) is 3.48. The molecule has 0 aliphatic carbocycles. The van der Waals surface area contributed by atoms with Gasteiger partial charge in [0.15, 0.2) is 5.16 Å². The molecule has 0 fully saturated rings. The van der Waals surface area contributed by atoms with Crippen molar-refractivity contribution in [2.75, 3.05) is 5.75 Å². The summed E-state index contributed by atoms with van der Waals surface area (Å²) in [5.74, 6) is 0.516. The van der Waals surface area contributed by atoms with Gasteiger partial charge in [0.2, 0.25) is 11.7 Å². The van der Waals surface area contributed by atoms with Gasteiger partial charge in [-0.25, -0.2) is 0 Å². The van der Waals surface area contributed by atoms with E-state index in [1.807, 2.05) is 58.3 Å². The second-order valence-electron chi connectivity index (χ2n) is 7.32. The number of nitrogens with zero attached hydrogens (tertiary/aromatic N) is 4. The van der Waals surface area contributed by atoms with Gasteiger partial charge in [-0.15, -0.1) is 21.5 Å². The van der Waals surface area contributed by atoms with Crippen molar-refractivity contribution < 1.29 is 4.79 Å². The SMILES string of the molecule is O=C(CSc1nnc2n(Cc3ccccc3)c(=O)c3sccc3n12)NCc1ccc(Cl)cc1. The number of amides is 1. The van der Waals surface area contributed by atoms with Crippen molar-refractivity contribution in [1.29, 1.82) is 0 Å². The fourth-order valence-electron chi connectivity index (χ4n) is 3.49. The smallest absolute Gasteiger partial charge is 0.273 e. The van der Waals surface area contributed by atoms with Crippen LogP contribution in [0.4, 0.5) is 0 Å². The number of nitrogens with one attached hydrogen (secondary N) is 1. The largest absolute Gasteiger partial charge is 0.351 e. The highest BCUT2D eigenvalue weighted by Crippen LogP contribution is 2.24. The van der Waals surface area contributed by atoms with Gasteiger partial charge in [-0.05, 0) is 34.7 Å². The summed E-state index contributed by atoms with van der Waals surface area (Å²) in [5, 5.41) is 14.6. The number of hydrogen-bond acceptors (Lipinski definition) is 6. The molecule has 5 aromatic rings. The summed E-state index contributed by atoms with van der Waals surface area (Å²) in [7, 11) is 0. The van der Waals surface area contributed by atoms with Crippen molar-refractivity contribution in [3.8, 4) is 0 Å². The number of rotatable bonds is 7. The molecular formula is C23H18ClN5O2S2. The summed E-state index contributed by atoms with van der Waals surface area (Å²) in [4.78, 5) is 25.6. The molecule has 0 bridgehead atoms. The number of halogens is 1. The van der Waals surface area contributed by atoms with Crippen molar-refractivity contribution in [3.05, 3.63) is 92.5 Å². The fourth-order valence-corrected chi connectivity index (χ4v) is 5.21. The van der Waals surface area contributed by atoms with Gasteiger partial charge in [0, 0.05) is 11.6 Å². The van der Waals surface area contributed by atoms with Crippen molar-refractivity contribution >= 4 is 56.6 Å². The number of benzene rings is 2. The van der Waals surface area contributed by atoms with Gasteiger partial charge in [0.25, 0.3) is 5.56 Å². The molecule has 0 atom stereocenters. The van der Waals surface area contributed by atoms with E-state index in [-0.39, 0.29) is 17.2 Å². The number of aromatic nitrogens is 4. The van der Waals surface area contributed by atoms with Gasteiger partial charge < -0.3 is 5.32 Å². The van der Waals surface area contributed by atoms with Crippen LogP contribution in [0.2, 0.25) is 5.02 Å². The molecule has 0 aliphatic heterocycles. The molecule has 0 unspecified atom stereocenters. The van der Waals surface area contributed by atoms with Crippen LogP contribution in [0.1, 0.15) is 11.1 Å². The van der Waals surface area contributed by atoms with Crippen LogP contribution >= 0.6 is 34.7 Å². The third-order valence-electron chi connectivity index (χ3n) is 5.10. The summed E-state index contributed by atoms with van der Waals surface area (Å²) in [5.41, 5.74) is 2.62. The summed E-state index contributed by atoms with van der Waals surface area (Å²) >= 11 is 8.58. The zero-order valence-corrected chi connectivity index (χ0v) is 19.7. The molecule has 1 amide bonds. The van der Waals surface area contributed by atoms with Crippen molar-refractivity contribution in [2.45, 2.75) is 18.2 Å². The molecule has 1 N–H and O–H groups in total. The summed E-state index contributed by atoms with van der Waals surface area (Å²) in [6.45, 7) is 0.809. The Balaban J connectivity index is 1.39. The van der Waals surface area contributed by atoms with Crippen LogP contribution < -0.4 is 10.9 Å². The van der Waals surface area contributed by atoms with Gasteiger partial charge >= 0.3 is 0 Å². The third kappa shape index (κ3) is 4.52. The molecule has 2 aromatic carbocycles. The van der Waals surface area contributed by atoms with Crippen molar-refractivity contribution in [3.63, 3.8) is 0 Å². The monoisotopic (exact) mass is 495 g/mol. The molecule has 0 saturated carbocycles. The van der Waals surface area contributed by atoms with E-state index in [1.165, 1.54) is 23.1 Å². The highest BCUT2D eigenvalue weighted by molar-refractivity contribution is 7.99. The van der Waals surface area contributed by atoms with Gasteiger partial charge in [0.05, 0.1) is 17.8 Å². The Labute approximate surface area is 202 Å². The number of carbonyl (C=O) groups is 1. The first-order chi connectivity index (χ1) is 16.1. The Morgan fingerprint density at radius 1 is 1.03 bits per heavy atom. The molecule has 0 radical (unpaired) electrons. The second-order valence-corrected chi connectivity index (χ2v) is 9.62. The van der Waals surface area contributed by atoms with Crippen LogP contribution in [0.5, 0.6) is 0 Å². The van der Waals surface area contributed by atoms with E-state index in [4.69, 9.17) is 11.6 Å². The topological polar surface area (TPSA) is 81.3 Å². The first kappa shape index (κ1) is 21.7. The van der Waals surface area contributed by atoms with E-state index in [0.717, 1.165) is 16.6 Å². The number of hydrogen-bond donors (Lipinski definition) is 1. The Morgan fingerprint density at radius 2 is 1.82 bits per heavy atom. The minimum absolute atomic E-state index is 0.0963. The van der Waals surface area contributed by atoms with E-state index in [9.17, 15) is 9.59 Å². The number of thioether (sulfide) groups is 1. The van der Waals surface area contributed by atoms with Crippen molar-refractivity contribution in [2.24, 2.45) is 0 Å². The van der Waals surface area contributed by atoms with Gasteiger partial charge in [0.1, 0.15) is 4.70 Å². The van der Waals surface area contributed by atoms with Crippen LogP contribution in [-0.4, -0.2) is 30.8 Å². The van der Waals surface area contributed by atoms with E-state index in [1.54, 1.807) is 16.7 Å². The number of thiophene rings is 1. The average molecular weight is 496 g/mol. The fraction of sp³-hybridized carbons (Fsp3) is 0.130. The molecular weight excluding hydrogens is 478 g/mol. The minimum Gasteiger partial charge on any atom is -0.351 e. The lowest BCUT2D eigenvalue weighted by Crippen LogP contribution is -2.25. The van der Waals surface area contributed by atoms with E-state index in [2.05, 4.69) is 15.5 Å². The second kappa shape index (κ2) is 9.38. The zero-order chi connectivity index (χ0) is 22.8. The lowest BCUT2D eigenvalue weighted by molar-refractivity contribution is -0.118. The third-order valence-corrected chi connectivity index (χ3v) is 7.17. The number of fused-ring (bicyclic) bond motifs is 3. The highest BCUT2D eigenvalue weighted by atomic mass is 35.5. The van der Waals surface area contributed by atoms with Crippen LogP contribution in [0.15, 0.2) is 76.0 Å². The van der Waals surface area contributed by atoms with Gasteiger partial charge in [-0.1, -0.05) is 65.8 Å². The predicted molar refractivity (Wildman–Crippen MR) is 132 cm³/mol. The predicted octanol–water partition coefficient (Wildman–Crippen LogP) is 4.22. The van der Waals surface area contributed by atoms with Crippen molar-refractivity contribution in [1.82, 2.24) is 24.5 Å². The van der Waals surface area contributed by atoms with Crippen LogP contribution in [0.25, 0.3) is 16.0 Å². The molecule has 0 aliphatic rings. The Hall–Kier alpha value is -3.14. The molecule has 0 saturated heterocycles. The lowest BCUT2D eigenvalue weighted by atomic mass is 10.2. The van der Waals surface area contributed by atoms with E-state index < -0.39 is 0 Å². The quantitative estimate of drug-likeness (QED) is 0.342. The first-order valence-corrected chi connectivity index (χ1v) is 12.4. The molecule has 166 valence electrons. The number of carbonyl (C=O) groups excluding carboxylic acids is 1. The molecule has 10 heteroatoms. The molecule has 3 aromatic heterocycles. The summed E-state index contributed by atoms with van der Waals surface area (Å²) in [6.07, 6.45) is 0. The normalized spacial score (nSPS) is 11.3. The van der Waals surface area contributed by atoms with Crippen LogP contribution in [0.3, 0.4) is 0 Å². The Kier molecular flexibility index (Phi) is 6.17. The van der Waals surface area contributed by atoms with Gasteiger partial charge in [-0.3, -0.25) is 18.6 Å². The maximum absolute atomic E-state index is 13.1. The maximum atomic E-state index is 13.1. The standard InChI is InChI=1S/C23H18ClN5O2S2/c24-17-8-6-15(7-9-17)12-25-19(30)14-33-23-27-26-22-28(13-16-4-2-1-3-5-16)21(31)20-18(29(22)23)10-11-32-20/h1-11H,12-14H2,(H,25,30). The van der Waals surface area contributed by atoms with E-state index in [0.29, 0.717) is 33.7 Å². The highest BCUT2D eigenvalue weighted by Gasteiger charge is 2.18. The Bertz CT molecular complexity index is 1490. The van der Waals surface area contributed by atoms with Crippen LogP contribution in [-0.2, 0) is 17.9 Å². The Morgan fingerprint density at radius 3 is 2.61 bits per heavy atom. The minimum atomic E-state index is -0.120. The van der Waals surface area contributed by atoms with Crippen LogP contribution in [0, 0.1) is 0 Å². The van der Waals surface area contributed by atoms with Gasteiger partial charge in [-0.2, -0.15) is 0 Å².